The first-order valence-corrected chi connectivity index (χ1v) is 10.4. The van der Waals surface area contributed by atoms with Crippen molar-refractivity contribution in [2.24, 2.45) is 12.0 Å². The summed E-state index contributed by atoms with van der Waals surface area (Å²) in [5, 5.41) is 15.4. The highest BCUT2D eigenvalue weighted by Crippen LogP contribution is 2.31. The van der Waals surface area contributed by atoms with Crippen LogP contribution in [0.2, 0.25) is 0 Å². The van der Waals surface area contributed by atoms with E-state index in [0.717, 1.165) is 46.7 Å². The molecule has 0 amide bonds. The van der Waals surface area contributed by atoms with Crippen LogP contribution in [0, 0.1) is 6.92 Å². The van der Waals surface area contributed by atoms with Gasteiger partial charge in [0.05, 0.1) is 32.8 Å². The summed E-state index contributed by atoms with van der Waals surface area (Å²) in [6.45, 7) is 3.67. The second-order valence-corrected chi connectivity index (χ2v) is 7.46. The number of ether oxygens (including phenoxy) is 2. The molecular weight excluding hydrogens is 519 g/mol. The maximum absolute atomic E-state index is 5.80. The SMILES string of the molecule is COc1ccc(CN=C(NCc2nnc(C)n2C)NC2CCOc3ccccc32)cc1.I. The number of rotatable bonds is 6. The number of halogens is 1. The van der Waals surface area contributed by atoms with Gasteiger partial charge in [0, 0.05) is 19.0 Å². The van der Waals surface area contributed by atoms with Crippen LogP contribution < -0.4 is 20.1 Å². The third-order valence-electron chi connectivity index (χ3n) is 5.44. The molecule has 0 radical (unpaired) electrons. The van der Waals surface area contributed by atoms with Gasteiger partial charge in [-0.1, -0.05) is 30.3 Å². The molecule has 32 heavy (non-hydrogen) atoms. The van der Waals surface area contributed by atoms with E-state index in [9.17, 15) is 0 Å². The zero-order valence-corrected chi connectivity index (χ0v) is 20.9. The second kappa shape index (κ2) is 11.2. The predicted octanol–water partition coefficient (Wildman–Crippen LogP) is 3.51. The molecule has 2 N–H and O–H groups in total. The highest BCUT2D eigenvalue weighted by Gasteiger charge is 2.22. The Morgan fingerprint density at radius 2 is 1.97 bits per heavy atom. The number of hydrogen-bond donors (Lipinski definition) is 2. The summed E-state index contributed by atoms with van der Waals surface area (Å²) in [6.07, 6.45) is 0.864. The fourth-order valence-electron chi connectivity index (χ4n) is 3.48. The van der Waals surface area contributed by atoms with Crippen LogP contribution in [0.25, 0.3) is 0 Å². The van der Waals surface area contributed by atoms with Gasteiger partial charge < -0.3 is 24.7 Å². The van der Waals surface area contributed by atoms with Gasteiger partial charge in [0.25, 0.3) is 0 Å². The van der Waals surface area contributed by atoms with Crippen LogP contribution in [-0.4, -0.2) is 34.4 Å². The monoisotopic (exact) mass is 548 g/mol. The molecule has 3 aromatic rings. The van der Waals surface area contributed by atoms with Crippen molar-refractivity contribution in [3.05, 3.63) is 71.3 Å². The van der Waals surface area contributed by atoms with E-state index in [2.05, 4.69) is 26.9 Å². The Bertz CT molecular complexity index is 1050. The van der Waals surface area contributed by atoms with Gasteiger partial charge in [-0.2, -0.15) is 0 Å². The molecule has 1 aliphatic heterocycles. The molecule has 9 heteroatoms. The smallest absolute Gasteiger partial charge is 0.192 e. The van der Waals surface area contributed by atoms with Crippen LogP contribution in [0.3, 0.4) is 0 Å². The van der Waals surface area contributed by atoms with Crippen molar-refractivity contribution in [2.45, 2.75) is 32.5 Å². The zero-order chi connectivity index (χ0) is 21.6. The van der Waals surface area contributed by atoms with Gasteiger partial charge in [-0.3, -0.25) is 0 Å². The predicted molar refractivity (Wildman–Crippen MR) is 135 cm³/mol. The fourth-order valence-corrected chi connectivity index (χ4v) is 3.48. The summed E-state index contributed by atoms with van der Waals surface area (Å²) in [5.41, 5.74) is 2.24. The average Bonchev–Trinajstić information content (AvgIpc) is 3.13. The van der Waals surface area contributed by atoms with Gasteiger partial charge in [0.15, 0.2) is 11.8 Å². The molecule has 2 aromatic carbocycles. The van der Waals surface area contributed by atoms with Crippen LogP contribution in [0.15, 0.2) is 53.5 Å². The van der Waals surface area contributed by atoms with Crippen molar-refractivity contribution < 1.29 is 9.47 Å². The summed E-state index contributed by atoms with van der Waals surface area (Å²) in [7, 11) is 3.63. The van der Waals surface area contributed by atoms with Crippen LogP contribution in [0.4, 0.5) is 0 Å². The van der Waals surface area contributed by atoms with E-state index >= 15 is 0 Å². The number of para-hydroxylation sites is 1. The van der Waals surface area contributed by atoms with E-state index in [-0.39, 0.29) is 30.0 Å². The van der Waals surface area contributed by atoms with E-state index in [0.29, 0.717) is 19.7 Å². The molecule has 0 saturated heterocycles. The van der Waals surface area contributed by atoms with Crippen molar-refractivity contribution in [2.75, 3.05) is 13.7 Å². The molecule has 1 aliphatic rings. The molecule has 1 atom stereocenters. The Labute approximate surface area is 205 Å². The molecule has 0 saturated carbocycles. The van der Waals surface area contributed by atoms with Gasteiger partial charge in [-0.05, 0) is 30.7 Å². The Morgan fingerprint density at radius 3 is 2.69 bits per heavy atom. The quantitative estimate of drug-likeness (QED) is 0.279. The first-order valence-electron chi connectivity index (χ1n) is 10.4. The molecular formula is C23H29IN6O2. The average molecular weight is 548 g/mol. The number of aromatic nitrogens is 3. The van der Waals surface area contributed by atoms with Gasteiger partial charge in [0.1, 0.15) is 17.3 Å². The number of benzene rings is 2. The number of nitrogens with one attached hydrogen (secondary N) is 2. The standard InChI is InChI=1S/C23H28N6O2.HI/c1-16-27-28-22(29(16)2)15-25-23(24-14-17-8-10-18(30-3)11-9-17)26-20-12-13-31-21-7-5-4-6-19(20)21;/h4-11,20H,12-15H2,1-3H3,(H2,24,25,26);1H. The zero-order valence-electron chi connectivity index (χ0n) is 18.5. The molecule has 1 unspecified atom stereocenters. The minimum absolute atomic E-state index is 0. The Kier molecular flexibility index (Phi) is 8.32. The number of hydrogen-bond acceptors (Lipinski definition) is 5. The number of aliphatic imine (C=N–C) groups is 1. The molecule has 0 aliphatic carbocycles. The molecule has 170 valence electrons. The minimum atomic E-state index is 0. The third kappa shape index (κ3) is 5.70. The van der Waals surface area contributed by atoms with E-state index < -0.39 is 0 Å². The maximum atomic E-state index is 5.80. The number of fused-ring (bicyclic) bond motifs is 1. The molecule has 0 spiro atoms. The van der Waals surface area contributed by atoms with Crippen molar-refractivity contribution in [3.63, 3.8) is 0 Å². The minimum Gasteiger partial charge on any atom is -0.497 e. The fraction of sp³-hybridized carbons (Fsp3) is 0.348. The molecule has 8 nitrogen and oxygen atoms in total. The second-order valence-electron chi connectivity index (χ2n) is 7.46. The lowest BCUT2D eigenvalue weighted by Crippen LogP contribution is -2.41. The van der Waals surface area contributed by atoms with Crippen LogP contribution in [0.5, 0.6) is 11.5 Å². The summed E-state index contributed by atoms with van der Waals surface area (Å²) in [5.74, 6) is 4.20. The van der Waals surface area contributed by atoms with Crippen molar-refractivity contribution >= 4 is 29.9 Å². The van der Waals surface area contributed by atoms with E-state index in [1.54, 1.807) is 7.11 Å². The van der Waals surface area contributed by atoms with E-state index in [1.165, 1.54) is 0 Å². The first kappa shape index (κ1) is 23.8. The molecule has 0 fully saturated rings. The highest BCUT2D eigenvalue weighted by molar-refractivity contribution is 14.0. The van der Waals surface area contributed by atoms with Gasteiger partial charge in [-0.15, -0.1) is 34.2 Å². The molecule has 0 bridgehead atoms. The normalized spacial score (nSPS) is 15.2. The Morgan fingerprint density at radius 1 is 1.19 bits per heavy atom. The van der Waals surface area contributed by atoms with Crippen molar-refractivity contribution in [1.82, 2.24) is 25.4 Å². The summed E-state index contributed by atoms with van der Waals surface area (Å²) in [4.78, 5) is 4.82. The number of guanidine groups is 1. The first-order chi connectivity index (χ1) is 15.1. The van der Waals surface area contributed by atoms with Gasteiger partial charge in [0.2, 0.25) is 0 Å². The summed E-state index contributed by atoms with van der Waals surface area (Å²) >= 11 is 0. The molecule has 4 rings (SSSR count). The number of nitrogens with zero attached hydrogens (tertiary/aromatic N) is 4. The molecule has 1 aromatic heterocycles. The van der Waals surface area contributed by atoms with Crippen molar-refractivity contribution in [3.8, 4) is 11.5 Å². The highest BCUT2D eigenvalue weighted by atomic mass is 127. The summed E-state index contributed by atoms with van der Waals surface area (Å²) in [6, 6.07) is 16.2. The van der Waals surface area contributed by atoms with E-state index in [1.807, 2.05) is 61.0 Å². The lowest BCUT2D eigenvalue weighted by atomic mass is 10.0. The van der Waals surface area contributed by atoms with Crippen molar-refractivity contribution in [1.29, 1.82) is 0 Å². The number of methoxy groups -OCH3 is 1. The maximum Gasteiger partial charge on any atom is 0.192 e. The van der Waals surface area contributed by atoms with E-state index in [4.69, 9.17) is 14.5 Å². The van der Waals surface area contributed by atoms with Gasteiger partial charge >= 0.3 is 0 Å². The summed E-state index contributed by atoms with van der Waals surface area (Å²) < 4.78 is 13.0. The van der Waals surface area contributed by atoms with Crippen LogP contribution in [0.1, 0.15) is 35.2 Å². The number of aryl methyl sites for hydroxylation is 1. The third-order valence-corrected chi connectivity index (χ3v) is 5.44. The Hall–Kier alpha value is -2.82. The lowest BCUT2D eigenvalue weighted by Gasteiger charge is -2.28. The van der Waals surface area contributed by atoms with Crippen LogP contribution in [-0.2, 0) is 20.1 Å². The Balaban J connectivity index is 0.00000289. The lowest BCUT2D eigenvalue weighted by molar-refractivity contribution is 0.261. The topological polar surface area (TPSA) is 85.6 Å². The van der Waals surface area contributed by atoms with Crippen LogP contribution >= 0.6 is 24.0 Å². The van der Waals surface area contributed by atoms with Gasteiger partial charge in [-0.25, -0.2) is 4.99 Å². The molecule has 2 heterocycles. The largest absolute Gasteiger partial charge is 0.497 e.